The van der Waals surface area contributed by atoms with Crippen molar-refractivity contribution in [3.8, 4) is 5.75 Å². The van der Waals surface area contributed by atoms with Crippen LogP contribution in [-0.4, -0.2) is 38.7 Å². The second-order valence-electron chi connectivity index (χ2n) is 5.30. The number of nitrogens with zero attached hydrogens (tertiary/aromatic N) is 1. The quantitative estimate of drug-likeness (QED) is 0.733. The molecule has 0 unspecified atom stereocenters. The molecule has 1 aromatic rings. The van der Waals surface area contributed by atoms with Crippen molar-refractivity contribution in [2.24, 2.45) is 5.73 Å². The number of rotatable bonds is 8. The van der Waals surface area contributed by atoms with Crippen molar-refractivity contribution in [3.63, 3.8) is 0 Å². The van der Waals surface area contributed by atoms with Gasteiger partial charge in [-0.2, -0.15) is 0 Å². The monoisotopic (exact) mass is 264 g/mol. The van der Waals surface area contributed by atoms with Crippen LogP contribution in [0.3, 0.4) is 0 Å². The Bertz CT molecular complexity index is 391. The van der Waals surface area contributed by atoms with Crippen LogP contribution in [0.2, 0.25) is 0 Å². The standard InChI is InChI=1S/C16H28N2O/c1-13-11-15(16(19-4)12-14(13)2)7-10-18(3)9-6-5-8-17/h11-12H,5-10,17H2,1-4H3. The van der Waals surface area contributed by atoms with Crippen LogP contribution < -0.4 is 10.5 Å². The van der Waals surface area contributed by atoms with Gasteiger partial charge in [-0.05, 0) is 76.0 Å². The smallest absolute Gasteiger partial charge is 0.122 e. The van der Waals surface area contributed by atoms with Crippen molar-refractivity contribution in [2.45, 2.75) is 33.1 Å². The maximum absolute atomic E-state index is 5.51. The van der Waals surface area contributed by atoms with Gasteiger partial charge >= 0.3 is 0 Å². The van der Waals surface area contributed by atoms with Crippen LogP contribution in [0.15, 0.2) is 12.1 Å². The van der Waals surface area contributed by atoms with Gasteiger partial charge < -0.3 is 15.4 Å². The molecule has 0 aliphatic carbocycles. The zero-order chi connectivity index (χ0) is 14.3. The fourth-order valence-corrected chi connectivity index (χ4v) is 2.18. The fraction of sp³-hybridized carbons (Fsp3) is 0.625. The Morgan fingerprint density at radius 2 is 1.79 bits per heavy atom. The molecule has 3 nitrogen and oxygen atoms in total. The fourth-order valence-electron chi connectivity index (χ4n) is 2.18. The molecular weight excluding hydrogens is 236 g/mol. The van der Waals surface area contributed by atoms with E-state index >= 15 is 0 Å². The molecule has 0 spiro atoms. The van der Waals surface area contributed by atoms with Gasteiger partial charge in [-0.15, -0.1) is 0 Å². The molecule has 1 aromatic carbocycles. The van der Waals surface area contributed by atoms with E-state index in [-0.39, 0.29) is 0 Å². The average Bonchev–Trinajstić information content (AvgIpc) is 2.40. The molecule has 1 rings (SSSR count). The molecule has 0 bridgehead atoms. The van der Waals surface area contributed by atoms with E-state index in [4.69, 9.17) is 10.5 Å². The molecule has 0 aliphatic rings. The summed E-state index contributed by atoms with van der Waals surface area (Å²) >= 11 is 0. The van der Waals surface area contributed by atoms with Gasteiger partial charge in [0, 0.05) is 6.54 Å². The summed E-state index contributed by atoms with van der Waals surface area (Å²) in [5.74, 6) is 1.01. The third-order valence-electron chi connectivity index (χ3n) is 3.65. The zero-order valence-corrected chi connectivity index (χ0v) is 12.8. The van der Waals surface area contributed by atoms with Gasteiger partial charge in [0.05, 0.1) is 7.11 Å². The number of aryl methyl sites for hydroxylation is 2. The lowest BCUT2D eigenvalue weighted by Crippen LogP contribution is -2.23. The van der Waals surface area contributed by atoms with E-state index in [9.17, 15) is 0 Å². The highest BCUT2D eigenvalue weighted by Gasteiger charge is 2.07. The minimum absolute atomic E-state index is 0.790. The van der Waals surface area contributed by atoms with Gasteiger partial charge in [-0.25, -0.2) is 0 Å². The molecular formula is C16H28N2O. The summed E-state index contributed by atoms with van der Waals surface area (Å²) in [6.07, 6.45) is 3.32. The molecule has 0 saturated heterocycles. The first-order valence-electron chi connectivity index (χ1n) is 7.11. The molecule has 0 saturated carbocycles. The molecule has 0 fully saturated rings. The van der Waals surface area contributed by atoms with Gasteiger partial charge in [0.1, 0.15) is 5.75 Å². The third-order valence-corrected chi connectivity index (χ3v) is 3.65. The normalized spacial score (nSPS) is 11.1. The van der Waals surface area contributed by atoms with E-state index in [1.165, 1.54) is 23.1 Å². The highest BCUT2D eigenvalue weighted by molar-refractivity contribution is 5.41. The topological polar surface area (TPSA) is 38.5 Å². The second kappa shape index (κ2) is 8.18. The SMILES string of the molecule is COc1cc(C)c(C)cc1CCN(C)CCCCN. The second-order valence-corrected chi connectivity index (χ2v) is 5.30. The van der Waals surface area contributed by atoms with Crippen molar-refractivity contribution in [3.05, 3.63) is 28.8 Å². The summed E-state index contributed by atoms with van der Waals surface area (Å²) in [4.78, 5) is 2.37. The first kappa shape index (κ1) is 16.0. The maximum Gasteiger partial charge on any atom is 0.122 e. The highest BCUT2D eigenvalue weighted by atomic mass is 16.5. The predicted molar refractivity (Wildman–Crippen MR) is 82.0 cm³/mol. The largest absolute Gasteiger partial charge is 0.496 e. The van der Waals surface area contributed by atoms with Crippen LogP contribution in [0, 0.1) is 13.8 Å². The summed E-state index contributed by atoms with van der Waals surface area (Å²) in [5.41, 5.74) is 9.44. The Hall–Kier alpha value is -1.06. The zero-order valence-electron chi connectivity index (χ0n) is 12.8. The highest BCUT2D eigenvalue weighted by Crippen LogP contribution is 2.23. The van der Waals surface area contributed by atoms with Gasteiger partial charge in [0.15, 0.2) is 0 Å². The summed E-state index contributed by atoms with van der Waals surface area (Å²) in [5, 5.41) is 0. The summed E-state index contributed by atoms with van der Waals surface area (Å²) in [6, 6.07) is 4.39. The lowest BCUT2D eigenvalue weighted by Gasteiger charge is -2.18. The molecule has 0 amide bonds. The van der Waals surface area contributed by atoms with E-state index < -0.39 is 0 Å². The van der Waals surface area contributed by atoms with Crippen LogP contribution in [-0.2, 0) is 6.42 Å². The van der Waals surface area contributed by atoms with Crippen LogP contribution in [0.25, 0.3) is 0 Å². The van der Waals surface area contributed by atoms with Crippen molar-refractivity contribution in [2.75, 3.05) is 33.8 Å². The van der Waals surface area contributed by atoms with Crippen molar-refractivity contribution < 1.29 is 4.74 Å². The lowest BCUT2D eigenvalue weighted by molar-refractivity contribution is 0.328. The van der Waals surface area contributed by atoms with E-state index in [1.807, 2.05) is 0 Å². The van der Waals surface area contributed by atoms with E-state index in [1.54, 1.807) is 7.11 Å². The van der Waals surface area contributed by atoms with Crippen LogP contribution in [0.4, 0.5) is 0 Å². The van der Waals surface area contributed by atoms with E-state index in [0.29, 0.717) is 0 Å². The Kier molecular flexibility index (Phi) is 6.89. The van der Waals surface area contributed by atoms with Crippen molar-refractivity contribution in [1.82, 2.24) is 4.90 Å². The number of hydrogen-bond acceptors (Lipinski definition) is 3. The molecule has 2 N–H and O–H groups in total. The first-order valence-corrected chi connectivity index (χ1v) is 7.11. The number of benzene rings is 1. The summed E-state index contributed by atoms with van der Waals surface area (Å²) in [6.45, 7) is 7.25. The Balaban J connectivity index is 2.54. The number of hydrogen-bond donors (Lipinski definition) is 1. The molecule has 108 valence electrons. The minimum atomic E-state index is 0.790. The summed E-state index contributed by atoms with van der Waals surface area (Å²) in [7, 11) is 3.92. The average molecular weight is 264 g/mol. The molecule has 19 heavy (non-hydrogen) atoms. The number of likely N-dealkylation sites (N-methyl/N-ethyl adjacent to an activating group) is 1. The summed E-state index contributed by atoms with van der Waals surface area (Å²) < 4.78 is 5.48. The van der Waals surface area contributed by atoms with Gasteiger partial charge in [0.25, 0.3) is 0 Å². The minimum Gasteiger partial charge on any atom is -0.496 e. The molecule has 3 heteroatoms. The molecule has 0 heterocycles. The van der Waals surface area contributed by atoms with Gasteiger partial charge in [0.2, 0.25) is 0 Å². The molecule has 0 radical (unpaired) electrons. The van der Waals surface area contributed by atoms with Crippen LogP contribution >= 0.6 is 0 Å². The third kappa shape index (κ3) is 5.21. The predicted octanol–water partition coefficient (Wildman–Crippen LogP) is 2.53. The number of ether oxygens (including phenoxy) is 1. The first-order chi connectivity index (χ1) is 9.08. The Morgan fingerprint density at radius 1 is 1.11 bits per heavy atom. The van der Waals surface area contributed by atoms with Crippen molar-refractivity contribution in [1.29, 1.82) is 0 Å². The number of nitrogens with two attached hydrogens (primary N) is 1. The van der Waals surface area contributed by atoms with Gasteiger partial charge in [-0.1, -0.05) is 6.07 Å². The lowest BCUT2D eigenvalue weighted by atomic mass is 10.0. The maximum atomic E-state index is 5.51. The van der Waals surface area contributed by atoms with Crippen LogP contribution in [0.5, 0.6) is 5.75 Å². The van der Waals surface area contributed by atoms with E-state index in [0.717, 1.165) is 38.2 Å². The van der Waals surface area contributed by atoms with Crippen molar-refractivity contribution >= 4 is 0 Å². The van der Waals surface area contributed by atoms with Crippen LogP contribution in [0.1, 0.15) is 29.5 Å². The molecule has 0 aromatic heterocycles. The molecule has 0 aliphatic heterocycles. The Morgan fingerprint density at radius 3 is 2.42 bits per heavy atom. The number of unbranched alkanes of at least 4 members (excludes halogenated alkanes) is 1. The number of methoxy groups -OCH3 is 1. The van der Waals surface area contributed by atoms with Gasteiger partial charge in [-0.3, -0.25) is 0 Å². The Labute approximate surface area is 117 Å². The molecule has 0 atom stereocenters. The van der Waals surface area contributed by atoms with E-state index in [2.05, 4.69) is 37.9 Å².